The topological polar surface area (TPSA) is 84.2 Å². The van der Waals surface area contributed by atoms with Gasteiger partial charge in [0, 0.05) is 18.3 Å². The third-order valence-electron chi connectivity index (χ3n) is 2.44. The Bertz CT molecular complexity index is 619. The molecule has 0 spiro atoms. The zero-order chi connectivity index (χ0) is 13.8. The molecule has 0 saturated heterocycles. The molecule has 1 aromatic carbocycles. The van der Waals surface area contributed by atoms with Crippen LogP contribution in [0.4, 0.5) is 11.4 Å². The molecule has 6 heteroatoms. The summed E-state index contributed by atoms with van der Waals surface area (Å²) < 4.78 is 4.83. The van der Waals surface area contributed by atoms with Crippen LogP contribution < -0.4 is 10.6 Å². The lowest BCUT2D eigenvalue weighted by atomic mass is 10.2. The molecule has 0 aliphatic rings. The smallest absolute Gasteiger partial charge is 0.260 e. The van der Waals surface area contributed by atoms with Crippen LogP contribution in [-0.4, -0.2) is 17.0 Å². The number of carbonyl (C=O) groups is 2. The second kappa shape index (κ2) is 5.34. The molecule has 19 heavy (non-hydrogen) atoms. The fourth-order valence-electron chi connectivity index (χ4n) is 1.59. The Morgan fingerprint density at radius 3 is 2.47 bits per heavy atom. The van der Waals surface area contributed by atoms with E-state index in [4.69, 9.17) is 4.52 Å². The van der Waals surface area contributed by atoms with Crippen LogP contribution in [0, 0.1) is 6.92 Å². The highest BCUT2D eigenvalue weighted by Crippen LogP contribution is 2.16. The Balaban J connectivity index is 2.13. The van der Waals surface area contributed by atoms with Crippen molar-refractivity contribution in [3.8, 4) is 0 Å². The number of amides is 2. The van der Waals surface area contributed by atoms with Gasteiger partial charge in [-0.05, 0) is 25.1 Å². The van der Waals surface area contributed by atoms with E-state index in [9.17, 15) is 9.59 Å². The third kappa shape index (κ3) is 3.19. The summed E-state index contributed by atoms with van der Waals surface area (Å²) in [5, 5.41) is 8.90. The van der Waals surface area contributed by atoms with Gasteiger partial charge in [-0.25, -0.2) is 0 Å². The number of anilines is 2. The first-order valence-electron chi connectivity index (χ1n) is 5.66. The largest absolute Gasteiger partial charge is 0.361 e. The fraction of sp³-hybridized carbons (Fsp3) is 0.154. The average molecular weight is 259 g/mol. The van der Waals surface area contributed by atoms with Gasteiger partial charge in [0.05, 0.1) is 6.20 Å². The molecular formula is C13H13N3O3. The number of hydrogen-bond donors (Lipinski definition) is 2. The number of benzene rings is 1. The lowest BCUT2D eigenvalue weighted by Gasteiger charge is -2.07. The Labute approximate surface area is 109 Å². The van der Waals surface area contributed by atoms with E-state index in [1.54, 1.807) is 31.2 Å². The first-order chi connectivity index (χ1) is 9.06. The van der Waals surface area contributed by atoms with Gasteiger partial charge in [0.15, 0.2) is 0 Å². The van der Waals surface area contributed by atoms with Crippen molar-refractivity contribution in [1.29, 1.82) is 0 Å². The van der Waals surface area contributed by atoms with Crippen molar-refractivity contribution < 1.29 is 14.1 Å². The van der Waals surface area contributed by atoms with Gasteiger partial charge in [-0.1, -0.05) is 11.2 Å². The number of aryl methyl sites for hydroxylation is 1. The lowest BCUT2D eigenvalue weighted by Crippen LogP contribution is -2.12. The Morgan fingerprint density at radius 2 is 1.89 bits per heavy atom. The second-order valence-corrected chi connectivity index (χ2v) is 4.01. The molecule has 6 nitrogen and oxygen atoms in total. The highest BCUT2D eigenvalue weighted by molar-refractivity contribution is 6.05. The maximum absolute atomic E-state index is 11.9. The van der Waals surface area contributed by atoms with Crippen molar-refractivity contribution in [1.82, 2.24) is 5.16 Å². The second-order valence-electron chi connectivity index (χ2n) is 4.01. The molecule has 98 valence electrons. The Morgan fingerprint density at radius 1 is 1.21 bits per heavy atom. The molecule has 0 aliphatic heterocycles. The van der Waals surface area contributed by atoms with Crippen LogP contribution in [0.3, 0.4) is 0 Å². The van der Waals surface area contributed by atoms with Crippen molar-refractivity contribution in [2.45, 2.75) is 13.8 Å². The number of aromatic nitrogens is 1. The average Bonchev–Trinajstić information content (AvgIpc) is 2.75. The fourth-order valence-corrected chi connectivity index (χ4v) is 1.59. The highest BCUT2D eigenvalue weighted by Gasteiger charge is 2.12. The Kier molecular flexibility index (Phi) is 3.61. The normalized spacial score (nSPS) is 10.0. The summed E-state index contributed by atoms with van der Waals surface area (Å²) >= 11 is 0. The van der Waals surface area contributed by atoms with E-state index in [-0.39, 0.29) is 11.8 Å². The van der Waals surface area contributed by atoms with Crippen LogP contribution >= 0.6 is 0 Å². The molecule has 0 saturated carbocycles. The minimum atomic E-state index is -0.307. The zero-order valence-electron chi connectivity index (χ0n) is 10.6. The predicted molar refractivity (Wildman–Crippen MR) is 69.9 cm³/mol. The maximum atomic E-state index is 11.9. The van der Waals surface area contributed by atoms with Crippen LogP contribution in [0.25, 0.3) is 0 Å². The summed E-state index contributed by atoms with van der Waals surface area (Å²) in [5.41, 5.74) is 1.58. The molecule has 0 radical (unpaired) electrons. The minimum absolute atomic E-state index is 0.168. The number of rotatable bonds is 3. The number of carbonyl (C=O) groups excluding carboxylic acids is 2. The van der Waals surface area contributed by atoms with E-state index >= 15 is 0 Å². The molecule has 0 unspecified atom stereocenters. The van der Waals surface area contributed by atoms with Crippen molar-refractivity contribution >= 4 is 23.2 Å². The Hall–Kier alpha value is -2.63. The lowest BCUT2D eigenvalue weighted by molar-refractivity contribution is -0.114. The molecule has 0 bridgehead atoms. The highest BCUT2D eigenvalue weighted by atomic mass is 16.5. The summed E-state index contributed by atoms with van der Waals surface area (Å²) in [4.78, 5) is 22.9. The van der Waals surface area contributed by atoms with Gasteiger partial charge in [-0.2, -0.15) is 0 Å². The summed E-state index contributed by atoms with van der Waals surface area (Å²) in [6.07, 6.45) is 1.36. The first-order valence-corrected chi connectivity index (χ1v) is 5.66. The van der Waals surface area contributed by atoms with E-state index < -0.39 is 0 Å². The van der Waals surface area contributed by atoms with Gasteiger partial charge in [0.2, 0.25) is 5.91 Å². The predicted octanol–water partition coefficient (Wildman–Crippen LogP) is 2.19. The van der Waals surface area contributed by atoms with Crippen LogP contribution in [0.2, 0.25) is 0 Å². The van der Waals surface area contributed by atoms with Gasteiger partial charge >= 0.3 is 0 Å². The standard InChI is InChI=1S/C13H13N3O3/c1-8-12(7-14-19-8)13(18)16-11-5-3-4-10(6-11)15-9(2)17/h3-7H,1-2H3,(H,15,17)(H,16,18). The van der Waals surface area contributed by atoms with Crippen molar-refractivity contribution in [3.05, 3.63) is 41.8 Å². The molecule has 2 rings (SSSR count). The van der Waals surface area contributed by atoms with Crippen molar-refractivity contribution in [2.24, 2.45) is 0 Å². The van der Waals surface area contributed by atoms with Gasteiger partial charge in [-0.3, -0.25) is 9.59 Å². The van der Waals surface area contributed by atoms with Crippen molar-refractivity contribution in [3.63, 3.8) is 0 Å². The zero-order valence-corrected chi connectivity index (χ0v) is 10.6. The summed E-state index contributed by atoms with van der Waals surface area (Å²) in [5.74, 6) is -0.0207. The SMILES string of the molecule is CC(=O)Nc1cccc(NC(=O)c2cnoc2C)c1. The van der Waals surface area contributed by atoms with Gasteiger partial charge in [0.25, 0.3) is 5.91 Å². The van der Waals surface area contributed by atoms with Crippen LogP contribution in [-0.2, 0) is 4.79 Å². The van der Waals surface area contributed by atoms with Crippen LogP contribution in [0.1, 0.15) is 23.0 Å². The number of hydrogen-bond acceptors (Lipinski definition) is 4. The van der Waals surface area contributed by atoms with E-state index in [0.717, 1.165) is 0 Å². The molecule has 0 aliphatic carbocycles. The van der Waals surface area contributed by atoms with Gasteiger partial charge in [0.1, 0.15) is 11.3 Å². The van der Waals surface area contributed by atoms with E-state index in [1.807, 2.05) is 0 Å². The maximum Gasteiger partial charge on any atom is 0.260 e. The summed E-state index contributed by atoms with van der Waals surface area (Å²) in [6, 6.07) is 6.87. The summed E-state index contributed by atoms with van der Waals surface area (Å²) in [6.45, 7) is 3.08. The third-order valence-corrected chi connectivity index (χ3v) is 2.44. The molecule has 0 fully saturated rings. The van der Waals surface area contributed by atoms with E-state index in [1.165, 1.54) is 13.1 Å². The van der Waals surface area contributed by atoms with Crippen molar-refractivity contribution in [2.75, 3.05) is 10.6 Å². The number of nitrogens with one attached hydrogen (secondary N) is 2. The van der Waals surface area contributed by atoms with Gasteiger partial charge in [-0.15, -0.1) is 0 Å². The summed E-state index contributed by atoms with van der Waals surface area (Å²) in [7, 11) is 0. The van der Waals surface area contributed by atoms with E-state index in [2.05, 4.69) is 15.8 Å². The molecule has 2 aromatic rings. The molecule has 0 atom stereocenters. The monoisotopic (exact) mass is 259 g/mol. The molecular weight excluding hydrogens is 246 g/mol. The quantitative estimate of drug-likeness (QED) is 0.884. The molecule has 2 N–H and O–H groups in total. The first kappa shape index (κ1) is 12.8. The van der Waals surface area contributed by atoms with E-state index in [0.29, 0.717) is 22.7 Å². The molecule has 1 aromatic heterocycles. The van der Waals surface area contributed by atoms with Crippen LogP contribution in [0.15, 0.2) is 35.0 Å². The number of nitrogens with zero attached hydrogens (tertiary/aromatic N) is 1. The minimum Gasteiger partial charge on any atom is -0.361 e. The van der Waals surface area contributed by atoms with Gasteiger partial charge < -0.3 is 15.2 Å². The van der Waals surface area contributed by atoms with Crippen LogP contribution in [0.5, 0.6) is 0 Å². The molecule has 2 amide bonds. The molecule has 1 heterocycles.